The van der Waals surface area contributed by atoms with E-state index in [0.29, 0.717) is 19.3 Å². The van der Waals surface area contributed by atoms with Gasteiger partial charge in [0.15, 0.2) is 24.6 Å². The van der Waals surface area contributed by atoms with Gasteiger partial charge in [-0.15, -0.1) is 0 Å². The smallest absolute Gasteiger partial charge is 0.335 e. The summed E-state index contributed by atoms with van der Waals surface area (Å²) in [6.45, 7) is 6.00. The van der Waals surface area contributed by atoms with Crippen molar-refractivity contribution >= 4 is 23.9 Å². The predicted octanol–water partition coefficient (Wildman–Crippen LogP) is 16.8. The van der Waals surface area contributed by atoms with Gasteiger partial charge in [0.1, 0.15) is 18.8 Å². The molecule has 0 aromatic carbocycles. The monoisotopic (exact) mass is 1090 g/mol. The van der Waals surface area contributed by atoms with Crippen molar-refractivity contribution in [3.8, 4) is 0 Å². The first-order valence-corrected chi connectivity index (χ1v) is 32.0. The van der Waals surface area contributed by atoms with Gasteiger partial charge in [-0.1, -0.05) is 224 Å². The van der Waals surface area contributed by atoms with Crippen LogP contribution in [-0.4, -0.2) is 89.2 Å². The van der Waals surface area contributed by atoms with Crippen molar-refractivity contribution in [2.45, 2.75) is 340 Å². The van der Waals surface area contributed by atoms with Crippen LogP contribution in [-0.2, 0) is 42.9 Å². The Labute approximate surface area is 470 Å². The average molecular weight is 1090 g/mol. The van der Waals surface area contributed by atoms with E-state index < -0.39 is 67.3 Å². The summed E-state index contributed by atoms with van der Waals surface area (Å²) in [6, 6.07) is 0. The number of aliphatic carboxylic acids is 1. The van der Waals surface area contributed by atoms with Gasteiger partial charge >= 0.3 is 23.9 Å². The molecule has 6 unspecified atom stereocenters. The number of hydrogen-bond donors (Lipinski definition) is 3. The lowest BCUT2D eigenvalue weighted by molar-refractivity contribution is -0.301. The molecule has 12 heteroatoms. The van der Waals surface area contributed by atoms with Crippen molar-refractivity contribution in [3.63, 3.8) is 0 Å². The number of aliphatic hydroxyl groups excluding tert-OH is 2. The van der Waals surface area contributed by atoms with Crippen molar-refractivity contribution in [1.29, 1.82) is 0 Å². The molecule has 0 radical (unpaired) electrons. The zero-order chi connectivity index (χ0) is 56.1. The lowest BCUT2D eigenvalue weighted by Crippen LogP contribution is -2.61. The van der Waals surface area contributed by atoms with Gasteiger partial charge in [0.25, 0.3) is 0 Å². The summed E-state index contributed by atoms with van der Waals surface area (Å²) in [6.07, 6.45) is 51.0. The van der Waals surface area contributed by atoms with Gasteiger partial charge in [-0.3, -0.25) is 14.4 Å². The summed E-state index contributed by atoms with van der Waals surface area (Å²) in [5.41, 5.74) is 0. The number of allylic oxidation sites excluding steroid dienone is 6. The van der Waals surface area contributed by atoms with Crippen LogP contribution in [0.5, 0.6) is 0 Å². The molecule has 0 aromatic rings. The summed E-state index contributed by atoms with van der Waals surface area (Å²) >= 11 is 0. The number of carboxylic acids is 1. The van der Waals surface area contributed by atoms with Crippen LogP contribution in [0.4, 0.5) is 0 Å². The third-order valence-electron chi connectivity index (χ3n) is 14.7. The molecular formula is C65H116O12. The summed E-state index contributed by atoms with van der Waals surface area (Å²) in [4.78, 5) is 51.2. The largest absolute Gasteiger partial charge is 0.479 e. The highest BCUT2D eigenvalue weighted by Crippen LogP contribution is 2.27. The Kier molecular flexibility index (Phi) is 50.1. The number of carbonyl (C=O) groups excluding carboxylic acids is 3. The van der Waals surface area contributed by atoms with E-state index in [1.54, 1.807) is 0 Å². The number of esters is 3. The predicted molar refractivity (Wildman–Crippen MR) is 313 cm³/mol. The van der Waals surface area contributed by atoms with E-state index in [0.717, 1.165) is 103 Å². The fourth-order valence-electron chi connectivity index (χ4n) is 9.71. The zero-order valence-corrected chi connectivity index (χ0v) is 49.5. The molecule has 77 heavy (non-hydrogen) atoms. The Morgan fingerprint density at radius 3 is 1.10 bits per heavy atom. The van der Waals surface area contributed by atoms with Crippen molar-refractivity contribution in [3.05, 3.63) is 36.5 Å². The summed E-state index contributed by atoms with van der Waals surface area (Å²) in [5, 5.41) is 31.5. The van der Waals surface area contributed by atoms with Gasteiger partial charge in [0.05, 0.1) is 6.61 Å². The number of rotatable bonds is 55. The second kappa shape index (κ2) is 53.6. The summed E-state index contributed by atoms with van der Waals surface area (Å²) < 4.78 is 28.5. The number of ether oxygens (including phenoxy) is 5. The highest BCUT2D eigenvalue weighted by molar-refractivity contribution is 5.74. The van der Waals surface area contributed by atoms with Crippen molar-refractivity contribution in [1.82, 2.24) is 0 Å². The lowest BCUT2D eigenvalue weighted by atomic mass is 9.98. The highest BCUT2D eigenvalue weighted by atomic mass is 16.7. The molecule has 1 aliphatic rings. The van der Waals surface area contributed by atoms with Gasteiger partial charge in [-0.25, -0.2) is 4.79 Å². The molecule has 0 bridgehead atoms. The fraction of sp³-hybridized carbons (Fsp3) is 0.846. The molecule has 6 atom stereocenters. The third kappa shape index (κ3) is 43.4. The zero-order valence-electron chi connectivity index (χ0n) is 49.5. The SMILES string of the molecule is CCCCCCCC/C=C\CCCCCCCCCC(=O)OCC(COC1OC(C(=O)O)C(O)C(O)C1OC(=O)CCCCCCC/C=C\CCCCCCCC)OC(=O)CCCCCCC/C=C\CCCCCCCC. The van der Waals surface area contributed by atoms with E-state index in [-0.39, 0.29) is 25.9 Å². The van der Waals surface area contributed by atoms with Gasteiger partial charge in [0, 0.05) is 19.3 Å². The second-order valence-electron chi connectivity index (χ2n) is 22.0. The maximum absolute atomic E-state index is 13.2. The van der Waals surface area contributed by atoms with Crippen LogP contribution in [0.3, 0.4) is 0 Å². The van der Waals surface area contributed by atoms with Gasteiger partial charge in [-0.2, -0.15) is 0 Å². The molecule has 0 aromatic heterocycles. The molecule has 0 aliphatic carbocycles. The molecule has 1 heterocycles. The molecule has 12 nitrogen and oxygen atoms in total. The molecule has 1 saturated heterocycles. The fourth-order valence-corrected chi connectivity index (χ4v) is 9.71. The molecule has 0 saturated carbocycles. The minimum Gasteiger partial charge on any atom is -0.479 e. The van der Waals surface area contributed by atoms with E-state index in [1.807, 2.05) is 0 Å². The van der Waals surface area contributed by atoms with Crippen LogP contribution >= 0.6 is 0 Å². The summed E-state index contributed by atoms with van der Waals surface area (Å²) in [7, 11) is 0. The molecule has 3 N–H and O–H groups in total. The van der Waals surface area contributed by atoms with Crippen LogP contribution in [0.15, 0.2) is 36.5 Å². The van der Waals surface area contributed by atoms with Crippen molar-refractivity contribution in [2.75, 3.05) is 13.2 Å². The number of hydrogen-bond acceptors (Lipinski definition) is 11. The molecule has 448 valence electrons. The Balaban J connectivity index is 2.67. The third-order valence-corrected chi connectivity index (χ3v) is 14.7. The van der Waals surface area contributed by atoms with Crippen molar-refractivity contribution < 1.29 is 58.2 Å². The first-order valence-electron chi connectivity index (χ1n) is 32.0. The molecular weight excluding hydrogens is 973 g/mol. The Morgan fingerprint density at radius 2 is 0.740 bits per heavy atom. The first-order chi connectivity index (χ1) is 37.6. The van der Waals surface area contributed by atoms with E-state index in [9.17, 15) is 34.5 Å². The Morgan fingerprint density at radius 1 is 0.416 bits per heavy atom. The van der Waals surface area contributed by atoms with E-state index in [4.69, 9.17) is 23.7 Å². The first kappa shape index (κ1) is 72.0. The average Bonchev–Trinajstić information content (AvgIpc) is 3.42. The molecule has 1 rings (SSSR count). The summed E-state index contributed by atoms with van der Waals surface area (Å²) in [5.74, 6) is -3.12. The molecule has 1 fully saturated rings. The van der Waals surface area contributed by atoms with Crippen LogP contribution in [0, 0.1) is 0 Å². The molecule has 1 aliphatic heterocycles. The van der Waals surface area contributed by atoms with Gasteiger partial charge in [-0.05, 0) is 96.3 Å². The van der Waals surface area contributed by atoms with Crippen molar-refractivity contribution in [2.24, 2.45) is 0 Å². The van der Waals surface area contributed by atoms with E-state index >= 15 is 0 Å². The van der Waals surface area contributed by atoms with Gasteiger partial charge in [0.2, 0.25) is 0 Å². The Hall–Kier alpha value is -3.06. The van der Waals surface area contributed by atoms with Crippen LogP contribution in [0.1, 0.15) is 303 Å². The van der Waals surface area contributed by atoms with E-state index in [2.05, 4.69) is 57.2 Å². The van der Waals surface area contributed by atoms with Gasteiger partial charge < -0.3 is 39.0 Å². The molecule has 0 spiro atoms. The normalized spacial score (nSPS) is 18.2. The number of carbonyl (C=O) groups is 4. The maximum atomic E-state index is 13.2. The standard InChI is InChI=1S/C65H116O12/c1-4-7-10-13-16-19-22-25-28-29-32-33-36-39-42-45-48-51-57(66)73-54-56(75-58(67)52-49-46-43-40-37-34-30-26-23-20-17-14-11-8-5-2)55-74-65-63(61(70)60(69)62(77-65)64(71)72)76-59(68)53-50-47-44-41-38-35-31-27-24-21-18-15-12-9-6-3/h25-28,30-31,56,60-63,65,69-70H,4-24,29,32-55H2,1-3H3,(H,71,72)/b28-25-,30-26-,31-27-. The number of unbranched alkanes of at least 4 members (excludes halogenated alkanes) is 35. The maximum Gasteiger partial charge on any atom is 0.335 e. The van der Waals surface area contributed by atoms with Crippen LogP contribution in [0.2, 0.25) is 0 Å². The lowest BCUT2D eigenvalue weighted by Gasteiger charge is -2.40. The second-order valence-corrected chi connectivity index (χ2v) is 22.0. The van der Waals surface area contributed by atoms with E-state index in [1.165, 1.54) is 141 Å². The Bertz CT molecular complexity index is 1480. The number of carboxylic acid groups (broad SMARTS) is 1. The van der Waals surface area contributed by atoms with Crippen LogP contribution < -0.4 is 0 Å². The number of aliphatic hydroxyl groups is 2. The minimum absolute atomic E-state index is 0.0519. The molecule has 0 amide bonds. The van der Waals surface area contributed by atoms with Crippen LogP contribution in [0.25, 0.3) is 0 Å². The minimum atomic E-state index is -1.90. The quantitative estimate of drug-likeness (QED) is 0.0228. The topological polar surface area (TPSA) is 175 Å². The highest BCUT2D eigenvalue weighted by Gasteiger charge is 2.50.